The lowest BCUT2D eigenvalue weighted by Gasteiger charge is -2.11. The Balaban J connectivity index is 1.38. The fourth-order valence-electron chi connectivity index (χ4n) is 2.66. The first-order chi connectivity index (χ1) is 14.7. The highest BCUT2D eigenvalue weighted by atomic mass is 16.5. The van der Waals surface area contributed by atoms with Crippen LogP contribution in [0.2, 0.25) is 0 Å². The van der Waals surface area contributed by atoms with Gasteiger partial charge in [-0.15, -0.1) is 10.2 Å². The zero-order valence-corrected chi connectivity index (χ0v) is 17.1. The number of ether oxygens (including phenoxy) is 3. The zero-order valence-electron chi connectivity index (χ0n) is 17.1. The van der Waals surface area contributed by atoms with E-state index < -0.39 is 0 Å². The molecule has 0 radical (unpaired) electrons. The Hall–Kier alpha value is -3.61. The minimum absolute atomic E-state index is 0.102. The molecule has 30 heavy (non-hydrogen) atoms. The number of amides is 1. The highest BCUT2D eigenvalue weighted by molar-refractivity contribution is 5.77. The van der Waals surface area contributed by atoms with E-state index >= 15 is 0 Å². The summed E-state index contributed by atoms with van der Waals surface area (Å²) in [5, 5.41) is 11.0. The van der Waals surface area contributed by atoms with Gasteiger partial charge >= 0.3 is 0 Å². The maximum absolute atomic E-state index is 12.0. The van der Waals surface area contributed by atoms with Gasteiger partial charge in [-0.1, -0.05) is 42.0 Å². The largest absolute Gasteiger partial charge is 0.490 e. The molecule has 1 N–H and O–H groups in total. The second kappa shape index (κ2) is 10.8. The summed E-state index contributed by atoms with van der Waals surface area (Å²) in [5.41, 5.74) is 2.97. The first-order valence-electron chi connectivity index (χ1n) is 9.80. The predicted molar refractivity (Wildman–Crippen MR) is 114 cm³/mol. The number of hydrogen-bond donors (Lipinski definition) is 1. The molecule has 0 saturated heterocycles. The van der Waals surface area contributed by atoms with Crippen molar-refractivity contribution in [2.45, 2.75) is 13.8 Å². The van der Waals surface area contributed by atoms with Gasteiger partial charge in [0.25, 0.3) is 5.91 Å². The van der Waals surface area contributed by atoms with Crippen LogP contribution in [0.1, 0.15) is 12.5 Å². The number of benzene rings is 2. The average Bonchev–Trinajstić information content (AvgIpc) is 2.77. The lowest BCUT2D eigenvalue weighted by atomic mass is 10.1. The number of carbonyl (C=O) groups excluding carboxylic acids is 1. The number of aromatic nitrogens is 2. The molecule has 156 valence electrons. The van der Waals surface area contributed by atoms with Crippen LogP contribution in [-0.4, -0.2) is 42.5 Å². The Labute approximate surface area is 176 Å². The van der Waals surface area contributed by atoms with Crippen molar-refractivity contribution in [2.24, 2.45) is 0 Å². The molecule has 0 atom stereocenters. The fourth-order valence-corrected chi connectivity index (χ4v) is 2.66. The summed E-state index contributed by atoms with van der Waals surface area (Å²) in [4.78, 5) is 12.0. The van der Waals surface area contributed by atoms with Gasteiger partial charge in [-0.05, 0) is 32.0 Å². The number of nitrogens with one attached hydrogen (secondary N) is 1. The molecule has 0 fully saturated rings. The molecule has 1 amide bonds. The van der Waals surface area contributed by atoms with Crippen molar-refractivity contribution >= 4 is 5.91 Å². The SMILES string of the molecule is CCOc1ccccc1OCC(=O)NCCOc1ccc(-c2ccc(C)cc2)nn1. The first-order valence-corrected chi connectivity index (χ1v) is 9.80. The van der Waals surface area contributed by atoms with E-state index in [0.29, 0.717) is 30.5 Å². The van der Waals surface area contributed by atoms with Crippen LogP contribution in [0.5, 0.6) is 17.4 Å². The van der Waals surface area contributed by atoms with E-state index in [4.69, 9.17) is 14.2 Å². The maximum atomic E-state index is 12.0. The van der Waals surface area contributed by atoms with Crippen molar-refractivity contribution in [3.05, 3.63) is 66.2 Å². The molecule has 0 aliphatic rings. The van der Waals surface area contributed by atoms with E-state index in [9.17, 15) is 4.79 Å². The van der Waals surface area contributed by atoms with E-state index in [0.717, 1.165) is 11.3 Å². The molecular formula is C23H25N3O4. The van der Waals surface area contributed by atoms with Crippen molar-refractivity contribution in [1.29, 1.82) is 0 Å². The number of aryl methyl sites for hydroxylation is 1. The van der Waals surface area contributed by atoms with Crippen LogP contribution in [-0.2, 0) is 4.79 Å². The monoisotopic (exact) mass is 407 g/mol. The molecule has 7 nitrogen and oxygen atoms in total. The summed E-state index contributed by atoms with van der Waals surface area (Å²) in [5.74, 6) is 1.31. The number of para-hydroxylation sites is 2. The standard InChI is InChI=1S/C23H25N3O4/c1-3-28-20-6-4-5-7-21(20)30-16-22(27)24-14-15-29-23-13-12-19(25-26-23)18-10-8-17(2)9-11-18/h4-13H,3,14-16H2,1-2H3,(H,24,27). The molecule has 0 bridgehead atoms. The van der Waals surface area contributed by atoms with E-state index in [1.54, 1.807) is 18.2 Å². The molecule has 1 aromatic heterocycles. The van der Waals surface area contributed by atoms with Gasteiger partial charge in [0.2, 0.25) is 5.88 Å². The summed E-state index contributed by atoms with van der Waals surface area (Å²) >= 11 is 0. The Morgan fingerprint density at radius 1 is 0.900 bits per heavy atom. The van der Waals surface area contributed by atoms with Crippen molar-refractivity contribution in [1.82, 2.24) is 15.5 Å². The van der Waals surface area contributed by atoms with Crippen LogP contribution in [0.25, 0.3) is 11.3 Å². The lowest BCUT2D eigenvalue weighted by molar-refractivity contribution is -0.123. The number of rotatable bonds is 10. The summed E-state index contributed by atoms with van der Waals surface area (Å²) in [6.45, 7) is 4.96. The van der Waals surface area contributed by atoms with Gasteiger partial charge in [0.1, 0.15) is 6.61 Å². The lowest BCUT2D eigenvalue weighted by Crippen LogP contribution is -2.32. The molecule has 0 saturated carbocycles. The molecule has 0 aliphatic heterocycles. The van der Waals surface area contributed by atoms with Gasteiger partial charge in [0, 0.05) is 11.6 Å². The van der Waals surface area contributed by atoms with Crippen molar-refractivity contribution < 1.29 is 19.0 Å². The number of nitrogens with zero attached hydrogens (tertiary/aromatic N) is 2. The summed E-state index contributed by atoms with van der Waals surface area (Å²) < 4.78 is 16.5. The van der Waals surface area contributed by atoms with Crippen molar-refractivity contribution in [2.75, 3.05) is 26.4 Å². The highest BCUT2D eigenvalue weighted by Gasteiger charge is 2.07. The van der Waals surface area contributed by atoms with Gasteiger partial charge in [0.15, 0.2) is 18.1 Å². The quantitative estimate of drug-likeness (QED) is 0.519. The van der Waals surface area contributed by atoms with E-state index in [-0.39, 0.29) is 19.1 Å². The molecule has 0 unspecified atom stereocenters. The Morgan fingerprint density at radius 2 is 1.63 bits per heavy atom. The first kappa shape index (κ1) is 21.1. The smallest absolute Gasteiger partial charge is 0.258 e. The minimum Gasteiger partial charge on any atom is -0.490 e. The molecule has 3 rings (SSSR count). The Morgan fingerprint density at radius 3 is 2.30 bits per heavy atom. The van der Waals surface area contributed by atoms with Gasteiger partial charge in [-0.3, -0.25) is 4.79 Å². The summed E-state index contributed by atoms with van der Waals surface area (Å²) in [6, 6.07) is 18.9. The molecule has 1 heterocycles. The van der Waals surface area contributed by atoms with Crippen LogP contribution >= 0.6 is 0 Å². The normalized spacial score (nSPS) is 10.3. The molecule has 7 heteroatoms. The number of carbonyl (C=O) groups is 1. The molecule has 0 spiro atoms. The third-order valence-electron chi connectivity index (χ3n) is 4.17. The van der Waals surface area contributed by atoms with Crippen LogP contribution in [0.4, 0.5) is 0 Å². The minimum atomic E-state index is -0.245. The van der Waals surface area contributed by atoms with E-state index in [2.05, 4.69) is 15.5 Å². The van der Waals surface area contributed by atoms with Crippen molar-refractivity contribution in [3.8, 4) is 28.6 Å². The van der Waals surface area contributed by atoms with Gasteiger partial charge in [0.05, 0.1) is 18.8 Å². The second-order valence-electron chi connectivity index (χ2n) is 6.49. The maximum Gasteiger partial charge on any atom is 0.258 e. The van der Waals surface area contributed by atoms with Gasteiger partial charge in [-0.2, -0.15) is 0 Å². The predicted octanol–water partition coefficient (Wildman–Crippen LogP) is 3.42. The highest BCUT2D eigenvalue weighted by Crippen LogP contribution is 2.26. The topological polar surface area (TPSA) is 82.6 Å². The second-order valence-corrected chi connectivity index (χ2v) is 6.49. The number of hydrogen-bond acceptors (Lipinski definition) is 6. The van der Waals surface area contributed by atoms with Crippen molar-refractivity contribution in [3.63, 3.8) is 0 Å². The molecule has 0 aliphatic carbocycles. The molecular weight excluding hydrogens is 382 g/mol. The summed E-state index contributed by atoms with van der Waals surface area (Å²) in [6.07, 6.45) is 0. The average molecular weight is 407 g/mol. The molecule has 3 aromatic rings. The van der Waals surface area contributed by atoms with E-state index in [1.165, 1.54) is 5.56 Å². The van der Waals surface area contributed by atoms with Gasteiger partial charge < -0.3 is 19.5 Å². The fraction of sp³-hybridized carbons (Fsp3) is 0.261. The van der Waals surface area contributed by atoms with Gasteiger partial charge in [-0.25, -0.2) is 0 Å². The summed E-state index contributed by atoms with van der Waals surface area (Å²) in [7, 11) is 0. The Kier molecular flexibility index (Phi) is 7.60. The van der Waals surface area contributed by atoms with Crippen LogP contribution in [0.3, 0.4) is 0 Å². The third-order valence-corrected chi connectivity index (χ3v) is 4.17. The zero-order chi connectivity index (χ0) is 21.2. The molecule has 2 aromatic carbocycles. The Bertz CT molecular complexity index is 943. The van der Waals surface area contributed by atoms with E-state index in [1.807, 2.05) is 56.3 Å². The van der Waals surface area contributed by atoms with Crippen LogP contribution in [0, 0.1) is 6.92 Å². The van der Waals surface area contributed by atoms with Crippen LogP contribution in [0.15, 0.2) is 60.7 Å². The third kappa shape index (κ3) is 6.20. The van der Waals surface area contributed by atoms with Crippen LogP contribution < -0.4 is 19.5 Å².